The van der Waals surface area contributed by atoms with Crippen LogP contribution in [-0.4, -0.2) is 16.6 Å². The summed E-state index contributed by atoms with van der Waals surface area (Å²) in [5.41, 5.74) is 0.0549. The zero-order valence-corrected chi connectivity index (χ0v) is 11.0. The van der Waals surface area contributed by atoms with Crippen LogP contribution in [0.5, 0.6) is 0 Å². The van der Waals surface area contributed by atoms with Gasteiger partial charge in [0.15, 0.2) is 0 Å². The smallest absolute Gasteiger partial charge is 0.258 e. The van der Waals surface area contributed by atoms with E-state index in [4.69, 9.17) is 23.2 Å². The van der Waals surface area contributed by atoms with Gasteiger partial charge in [-0.25, -0.2) is 0 Å². The van der Waals surface area contributed by atoms with Crippen molar-refractivity contribution in [3.05, 3.63) is 33.3 Å². The molecule has 16 heavy (non-hydrogen) atoms. The largest absolute Gasteiger partial charge is 0.284 e. The molecular formula is C10H11Cl2NO2S. The Morgan fingerprint density at radius 3 is 2.81 bits per heavy atom. The Hall–Kier alpha value is -0.450. The SMILES string of the molecule is CC(CCl)CSc1c(Cl)cccc1[N+](=O)[O-]. The van der Waals surface area contributed by atoms with Crippen molar-refractivity contribution < 1.29 is 4.92 Å². The quantitative estimate of drug-likeness (QED) is 0.351. The second kappa shape index (κ2) is 6.33. The first kappa shape index (κ1) is 13.6. The first-order chi connectivity index (χ1) is 7.56. The highest BCUT2D eigenvalue weighted by Crippen LogP contribution is 2.36. The number of nitrogens with zero attached hydrogens (tertiary/aromatic N) is 1. The molecule has 6 heteroatoms. The minimum absolute atomic E-state index is 0.0549. The predicted octanol–water partition coefficient (Wildman–Crippen LogP) is 4.22. The van der Waals surface area contributed by atoms with Crippen molar-refractivity contribution in [2.24, 2.45) is 5.92 Å². The Labute approximate surface area is 108 Å². The van der Waals surface area contributed by atoms with E-state index in [9.17, 15) is 10.1 Å². The fourth-order valence-electron chi connectivity index (χ4n) is 1.05. The third-order valence-corrected chi connectivity index (χ3v) is 4.33. The summed E-state index contributed by atoms with van der Waals surface area (Å²) in [5.74, 6) is 1.54. The molecule has 0 bridgehead atoms. The molecule has 1 aromatic carbocycles. The first-order valence-electron chi connectivity index (χ1n) is 4.68. The van der Waals surface area contributed by atoms with E-state index in [1.54, 1.807) is 12.1 Å². The molecule has 1 unspecified atom stereocenters. The zero-order valence-electron chi connectivity index (χ0n) is 8.65. The van der Waals surface area contributed by atoms with E-state index < -0.39 is 4.92 Å². The minimum atomic E-state index is -0.417. The molecule has 0 saturated heterocycles. The van der Waals surface area contributed by atoms with Gasteiger partial charge in [-0.15, -0.1) is 23.4 Å². The summed E-state index contributed by atoms with van der Waals surface area (Å²) >= 11 is 13.0. The molecule has 3 nitrogen and oxygen atoms in total. The number of nitro benzene ring substituents is 1. The Bertz CT molecular complexity index is 387. The molecule has 0 aliphatic carbocycles. The molecule has 0 aliphatic heterocycles. The molecular weight excluding hydrogens is 269 g/mol. The van der Waals surface area contributed by atoms with Crippen LogP contribution in [0.4, 0.5) is 5.69 Å². The molecule has 88 valence electrons. The second-order valence-electron chi connectivity index (χ2n) is 3.42. The number of hydrogen-bond donors (Lipinski definition) is 0. The van der Waals surface area contributed by atoms with Crippen LogP contribution in [0.2, 0.25) is 5.02 Å². The van der Waals surface area contributed by atoms with Gasteiger partial charge in [-0.3, -0.25) is 10.1 Å². The summed E-state index contributed by atoms with van der Waals surface area (Å²) in [7, 11) is 0. The van der Waals surface area contributed by atoms with Gasteiger partial charge >= 0.3 is 0 Å². The Kier molecular flexibility index (Phi) is 5.38. The second-order valence-corrected chi connectivity index (χ2v) is 5.16. The summed E-state index contributed by atoms with van der Waals surface area (Å²) in [4.78, 5) is 10.9. The Morgan fingerprint density at radius 1 is 1.56 bits per heavy atom. The van der Waals surface area contributed by atoms with Crippen LogP contribution in [0.1, 0.15) is 6.92 Å². The molecule has 0 radical (unpaired) electrons. The van der Waals surface area contributed by atoms with E-state index in [2.05, 4.69) is 0 Å². The molecule has 0 heterocycles. The summed E-state index contributed by atoms with van der Waals surface area (Å²) < 4.78 is 0. The van der Waals surface area contributed by atoms with Gasteiger partial charge in [-0.2, -0.15) is 0 Å². The van der Waals surface area contributed by atoms with E-state index >= 15 is 0 Å². The fourth-order valence-corrected chi connectivity index (χ4v) is 2.69. The van der Waals surface area contributed by atoms with Gasteiger partial charge in [0.1, 0.15) is 4.90 Å². The standard InChI is InChI=1S/C10H11Cl2NO2S/c1-7(5-11)6-16-10-8(12)3-2-4-9(10)13(14)15/h2-4,7H,5-6H2,1H3. The highest BCUT2D eigenvalue weighted by atomic mass is 35.5. The summed E-state index contributed by atoms with van der Waals surface area (Å²) in [6.45, 7) is 1.99. The van der Waals surface area contributed by atoms with Crippen molar-refractivity contribution in [2.45, 2.75) is 11.8 Å². The van der Waals surface area contributed by atoms with Crippen molar-refractivity contribution in [1.82, 2.24) is 0 Å². The molecule has 0 amide bonds. The number of rotatable bonds is 5. The number of thioether (sulfide) groups is 1. The lowest BCUT2D eigenvalue weighted by Crippen LogP contribution is -2.00. The number of halogens is 2. The third kappa shape index (κ3) is 3.54. The van der Waals surface area contributed by atoms with Gasteiger partial charge < -0.3 is 0 Å². The Balaban J connectivity index is 2.88. The van der Waals surface area contributed by atoms with E-state index in [1.165, 1.54) is 17.8 Å². The van der Waals surface area contributed by atoms with Crippen LogP contribution < -0.4 is 0 Å². The maximum atomic E-state index is 10.8. The number of alkyl halides is 1. The maximum Gasteiger partial charge on any atom is 0.284 e. The molecule has 0 aromatic heterocycles. The van der Waals surface area contributed by atoms with Crippen molar-refractivity contribution in [1.29, 1.82) is 0 Å². The van der Waals surface area contributed by atoms with Crippen LogP contribution in [0.25, 0.3) is 0 Å². The highest BCUT2D eigenvalue weighted by molar-refractivity contribution is 7.99. The summed E-state index contributed by atoms with van der Waals surface area (Å²) in [5, 5.41) is 11.2. The van der Waals surface area contributed by atoms with Crippen LogP contribution >= 0.6 is 35.0 Å². The van der Waals surface area contributed by atoms with Crippen molar-refractivity contribution in [2.75, 3.05) is 11.6 Å². The highest BCUT2D eigenvalue weighted by Gasteiger charge is 2.17. The molecule has 0 aliphatic rings. The summed E-state index contributed by atoms with van der Waals surface area (Å²) in [6, 6.07) is 4.69. The Morgan fingerprint density at radius 2 is 2.25 bits per heavy atom. The third-order valence-electron chi connectivity index (χ3n) is 1.92. The lowest BCUT2D eigenvalue weighted by atomic mass is 10.3. The van der Waals surface area contributed by atoms with Crippen LogP contribution in [-0.2, 0) is 0 Å². The van der Waals surface area contributed by atoms with Crippen molar-refractivity contribution >= 4 is 40.7 Å². The lowest BCUT2D eigenvalue weighted by Gasteiger charge is -2.08. The minimum Gasteiger partial charge on any atom is -0.258 e. The van der Waals surface area contributed by atoms with E-state index in [0.29, 0.717) is 27.5 Å². The van der Waals surface area contributed by atoms with Gasteiger partial charge in [-0.1, -0.05) is 24.6 Å². The number of benzene rings is 1. The molecule has 1 rings (SSSR count). The molecule has 1 aromatic rings. The van der Waals surface area contributed by atoms with Gasteiger partial charge in [0, 0.05) is 17.7 Å². The van der Waals surface area contributed by atoms with Gasteiger partial charge in [0.25, 0.3) is 5.69 Å². The number of nitro groups is 1. The molecule has 0 spiro atoms. The normalized spacial score (nSPS) is 12.4. The monoisotopic (exact) mass is 279 g/mol. The van der Waals surface area contributed by atoms with E-state index in [1.807, 2.05) is 6.92 Å². The lowest BCUT2D eigenvalue weighted by molar-refractivity contribution is -0.387. The van der Waals surface area contributed by atoms with E-state index in [-0.39, 0.29) is 5.69 Å². The summed E-state index contributed by atoms with van der Waals surface area (Å²) in [6.07, 6.45) is 0. The molecule has 1 atom stereocenters. The molecule has 0 saturated carbocycles. The first-order valence-corrected chi connectivity index (χ1v) is 6.57. The molecule has 0 fully saturated rings. The average molecular weight is 280 g/mol. The van der Waals surface area contributed by atoms with E-state index in [0.717, 1.165) is 0 Å². The topological polar surface area (TPSA) is 43.1 Å². The van der Waals surface area contributed by atoms with Gasteiger partial charge in [0.2, 0.25) is 0 Å². The van der Waals surface area contributed by atoms with Crippen LogP contribution in [0, 0.1) is 16.0 Å². The van der Waals surface area contributed by atoms with Crippen molar-refractivity contribution in [3.8, 4) is 0 Å². The van der Waals surface area contributed by atoms with Gasteiger partial charge in [-0.05, 0) is 12.0 Å². The van der Waals surface area contributed by atoms with Crippen molar-refractivity contribution in [3.63, 3.8) is 0 Å². The molecule has 0 N–H and O–H groups in total. The van der Waals surface area contributed by atoms with Crippen LogP contribution in [0.3, 0.4) is 0 Å². The fraction of sp³-hybridized carbons (Fsp3) is 0.400. The predicted molar refractivity (Wildman–Crippen MR) is 68.7 cm³/mol. The zero-order chi connectivity index (χ0) is 12.1. The maximum absolute atomic E-state index is 10.8. The van der Waals surface area contributed by atoms with Gasteiger partial charge in [0.05, 0.1) is 9.95 Å². The van der Waals surface area contributed by atoms with Crippen LogP contribution in [0.15, 0.2) is 23.1 Å². The number of hydrogen-bond acceptors (Lipinski definition) is 3. The average Bonchev–Trinajstić information content (AvgIpc) is 2.26.